The Morgan fingerprint density at radius 1 is 0.886 bits per heavy atom. The van der Waals surface area contributed by atoms with E-state index < -0.39 is 80.2 Å². The van der Waals surface area contributed by atoms with Gasteiger partial charge < -0.3 is 19.1 Å². The number of amides is 1. The van der Waals surface area contributed by atoms with E-state index >= 15 is 0 Å². The molecule has 35 heavy (non-hydrogen) atoms. The van der Waals surface area contributed by atoms with Gasteiger partial charge in [-0.1, -0.05) is 20.1 Å². The van der Waals surface area contributed by atoms with Gasteiger partial charge in [0.15, 0.2) is 0 Å². The summed E-state index contributed by atoms with van der Waals surface area (Å²) in [6, 6.07) is 0. The van der Waals surface area contributed by atoms with E-state index in [4.69, 9.17) is 13.8 Å². The maximum Gasteiger partial charge on any atom is 0.410 e. The number of halogens is 2. The standard InChI is InChI=1S/C18H27F2NO12S2/c1-6-16(4,5)33-15(24)21(9-11-31-13(22)17(19,7-2)34(25,26)27)10-12-32-14(23)18(20,8-3)35(28,29)30/h7-8H,2-3,6,9-12H2,1,4-5H3,(H,25,26,27)(H,28,29,30)/t17-,18?/m1/s1. The minimum atomic E-state index is -5.60. The fourth-order valence-corrected chi connectivity index (χ4v) is 2.91. The zero-order chi connectivity index (χ0) is 27.9. The summed E-state index contributed by atoms with van der Waals surface area (Å²) in [5, 5.41) is -7.97. The zero-order valence-corrected chi connectivity index (χ0v) is 20.7. The van der Waals surface area contributed by atoms with Gasteiger partial charge in [0.05, 0.1) is 13.1 Å². The van der Waals surface area contributed by atoms with E-state index in [9.17, 15) is 40.0 Å². The Labute approximate surface area is 201 Å². The minimum absolute atomic E-state index is 0.0159. The topological polar surface area (TPSA) is 191 Å². The number of carbonyl (C=O) groups excluding carboxylic acids is 3. The van der Waals surface area contributed by atoms with Gasteiger partial charge in [-0.25, -0.2) is 23.2 Å². The lowest BCUT2D eigenvalue weighted by atomic mass is 10.1. The van der Waals surface area contributed by atoms with Gasteiger partial charge in [0, 0.05) is 0 Å². The van der Waals surface area contributed by atoms with Crippen LogP contribution in [-0.4, -0.2) is 90.8 Å². The lowest BCUT2D eigenvalue weighted by Crippen LogP contribution is -2.45. The number of esters is 2. The van der Waals surface area contributed by atoms with E-state index in [1.54, 1.807) is 6.92 Å². The lowest BCUT2D eigenvalue weighted by Gasteiger charge is -2.29. The maximum absolute atomic E-state index is 14.2. The summed E-state index contributed by atoms with van der Waals surface area (Å²) < 4.78 is 105. The van der Waals surface area contributed by atoms with E-state index in [0.717, 1.165) is 4.90 Å². The van der Waals surface area contributed by atoms with Gasteiger partial charge in [-0.15, -0.1) is 0 Å². The second kappa shape index (κ2) is 11.9. The van der Waals surface area contributed by atoms with Crippen LogP contribution in [0.25, 0.3) is 0 Å². The van der Waals surface area contributed by atoms with Gasteiger partial charge in [-0.2, -0.15) is 16.8 Å². The first kappa shape index (κ1) is 32.4. The molecular weight excluding hydrogens is 524 g/mol. The van der Waals surface area contributed by atoms with Crippen molar-refractivity contribution in [1.29, 1.82) is 0 Å². The first-order valence-electron chi connectivity index (χ1n) is 9.63. The average molecular weight is 552 g/mol. The normalized spacial score (nSPS) is 15.6. The molecule has 0 heterocycles. The number of ether oxygens (including phenoxy) is 3. The van der Waals surface area contributed by atoms with Crippen molar-refractivity contribution in [2.45, 2.75) is 42.8 Å². The van der Waals surface area contributed by atoms with Crippen molar-refractivity contribution in [3.05, 3.63) is 25.3 Å². The molecule has 0 rings (SSSR count). The van der Waals surface area contributed by atoms with Crippen LogP contribution in [0.5, 0.6) is 0 Å². The first-order valence-corrected chi connectivity index (χ1v) is 12.5. The van der Waals surface area contributed by atoms with Crippen molar-refractivity contribution in [3.63, 3.8) is 0 Å². The molecule has 1 amide bonds. The summed E-state index contributed by atoms with van der Waals surface area (Å²) in [6.07, 6.45) is -0.776. The fraction of sp³-hybridized carbons (Fsp3) is 0.611. The molecule has 1 unspecified atom stereocenters. The molecule has 0 aromatic carbocycles. The molecule has 0 aliphatic rings. The Morgan fingerprint density at radius 3 is 1.49 bits per heavy atom. The summed E-state index contributed by atoms with van der Waals surface area (Å²) in [5.41, 5.74) is -1.01. The summed E-state index contributed by atoms with van der Waals surface area (Å²) in [6.45, 7) is 7.41. The number of alkyl halides is 2. The van der Waals surface area contributed by atoms with Crippen LogP contribution in [0.3, 0.4) is 0 Å². The molecule has 0 spiro atoms. The highest BCUT2D eigenvalue weighted by Gasteiger charge is 2.51. The van der Waals surface area contributed by atoms with E-state index in [-0.39, 0.29) is 12.2 Å². The van der Waals surface area contributed by atoms with Gasteiger partial charge in [-0.05, 0) is 32.4 Å². The van der Waals surface area contributed by atoms with E-state index in [1.807, 2.05) is 0 Å². The smallest absolute Gasteiger partial charge is 0.410 e. The van der Waals surface area contributed by atoms with Gasteiger partial charge in [-0.3, -0.25) is 9.11 Å². The van der Waals surface area contributed by atoms with Crippen LogP contribution in [0.2, 0.25) is 0 Å². The van der Waals surface area contributed by atoms with Crippen molar-refractivity contribution < 1.29 is 63.3 Å². The molecule has 202 valence electrons. The predicted octanol–water partition coefficient (Wildman–Crippen LogP) is 1.18. The molecule has 2 N–H and O–H groups in total. The Hall–Kier alpha value is -2.63. The SMILES string of the molecule is C=CC(F)(C(=O)OCCN(CCOC(=O)[C@@](F)(C=C)S(=O)(=O)O)C(=O)OC(C)(C)CC)S(=O)(=O)O. The highest BCUT2D eigenvalue weighted by atomic mass is 32.2. The molecule has 17 heteroatoms. The number of hydrogen-bond donors (Lipinski definition) is 2. The molecule has 0 aromatic rings. The number of hydrogen-bond acceptors (Lipinski definition) is 10. The predicted molar refractivity (Wildman–Crippen MR) is 116 cm³/mol. The number of nitrogens with zero attached hydrogens (tertiary/aromatic N) is 1. The van der Waals surface area contributed by atoms with Crippen LogP contribution in [0, 0.1) is 0 Å². The molecule has 0 aliphatic carbocycles. The van der Waals surface area contributed by atoms with Crippen molar-refractivity contribution in [3.8, 4) is 0 Å². The van der Waals surface area contributed by atoms with Gasteiger partial charge in [0.1, 0.15) is 18.8 Å². The molecule has 13 nitrogen and oxygen atoms in total. The molecule has 0 aliphatic heterocycles. The van der Waals surface area contributed by atoms with Crippen LogP contribution in [0.15, 0.2) is 25.3 Å². The van der Waals surface area contributed by atoms with Crippen molar-refractivity contribution >= 4 is 38.3 Å². The third-order valence-electron chi connectivity index (χ3n) is 4.49. The highest BCUT2D eigenvalue weighted by Crippen LogP contribution is 2.23. The summed E-state index contributed by atoms with van der Waals surface area (Å²) in [5.74, 6) is -4.13. The summed E-state index contributed by atoms with van der Waals surface area (Å²) in [7, 11) is -11.2. The van der Waals surface area contributed by atoms with Crippen LogP contribution in [0.4, 0.5) is 13.6 Å². The Morgan fingerprint density at radius 2 is 1.23 bits per heavy atom. The quantitative estimate of drug-likeness (QED) is 0.136. The van der Waals surface area contributed by atoms with Gasteiger partial charge in [0.2, 0.25) is 0 Å². The minimum Gasteiger partial charge on any atom is -0.460 e. The van der Waals surface area contributed by atoms with Crippen molar-refractivity contribution in [1.82, 2.24) is 4.90 Å². The summed E-state index contributed by atoms with van der Waals surface area (Å²) in [4.78, 5) is 36.7. The number of rotatable bonds is 14. The van der Waals surface area contributed by atoms with E-state index in [0.29, 0.717) is 6.42 Å². The van der Waals surface area contributed by atoms with Crippen molar-refractivity contribution in [2.75, 3.05) is 26.3 Å². The van der Waals surface area contributed by atoms with E-state index in [1.165, 1.54) is 13.8 Å². The summed E-state index contributed by atoms with van der Waals surface area (Å²) >= 11 is 0. The lowest BCUT2D eigenvalue weighted by molar-refractivity contribution is -0.150. The Balaban J connectivity index is 5.46. The Bertz CT molecular complexity index is 976. The molecule has 0 bridgehead atoms. The number of carbonyl (C=O) groups is 3. The second-order valence-electron chi connectivity index (χ2n) is 7.39. The van der Waals surface area contributed by atoms with Crippen LogP contribution >= 0.6 is 0 Å². The average Bonchev–Trinajstić information content (AvgIpc) is 2.74. The zero-order valence-electron chi connectivity index (χ0n) is 19.1. The third-order valence-corrected chi connectivity index (χ3v) is 6.66. The second-order valence-corrected chi connectivity index (χ2v) is 10.5. The largest absolute Gasteiger partial charge is 0.460 e. The van der Waals surface area contributed by atoms with Crippen LogP contribution in [-0.2, 0) is 44.0 Å². The van der Waals surface area contributed by atoms with Gasteiger partial charge in [0.25, 0.3) is 0 Å². The molecule has 0 radical (unpaired) electrons. The monoisotopic (exact) mass is 551 g/mol. The van der Waals surface area contributed by atoms with Crippen molar-refractivity contribution in [2.24, 2.45) is 0 Å². The van der Waals surface area contributed by atoms with Crippen LogP contribution < -0.4 is 0 Å². The molecule has 0 fully saturated rings. The van der Waals surface area contributed by atoms with Gasteiger partial charge >= 0.3 is 48.3 Å². The Kier molecular flexibility index (Phi) is 11.0. The molecular formula is C18H27F2NO12S2. The fourth-order valence-electron chi connectivity index (χ4n) is 1.95. The van der Waals surface area contributed by atoms with E-state index in [2.05, 4.69) is 22.6 Å². The third kappa shape index (κ3) is 8.22. The highest BCUT2D eigenvalue weighted by molar-refractivity contribution is 7.88. The molecule has 2 atom stereocenters. The first-order chi connectivity index (χ1) is 15.7. The van der Waals surface area contributed by atoms with Crippen LogP contribution in [0.1, 0.15) is 27.2 Å². The molecule has 0 saturated heterocycles. The molecule has 0 aromatic heterocycles. The molecule has 0 saturated carbocycles. The maximum atomic E-state index is 14.2.